The number of thioether (sulfide) groups is 1. The minimum absolute atomic E-state index is 0.146. The third-order valence-electron chi connectivity index (χ3n) is 3.78. The third-order valence-corrected chi connectivity index (χ3v) is 4.75. The Hall–Kier alpha value is -1.79. The van der Waals surface area contributed by atoms with E-state index in [1.807, 2.05) is 35.2 Å². The normalized spacial score (nSPS) is 23.0. The van der Waals surface area contributed by atoms with Crippen LogP contribution in [0, 0.1) is 0 Å². The molecule has 22 heavy (non-hydrogen) atoms. The summed E-state index contributed by atoms with van der Waals surface area (Å²) >= 11 is 1.78. The average Bonchev–Trinajstić information content (AvgIpc) is 3.19. The third kappa shape index (κ3) is 3.69. The Morgan fingerprint density at radius 2 is 2.14 bits per heavy atom. The van der Waals surface area contributed by atoms with Gasteiger partial charge in [-0.3, -0.25) is 9.59 Å². The summed E-state index contributed by atoms with van der Waals surface area (Å²) in [5.41, 5.74) is 1.75. The van der Waals surface area contributed by atoms with Gasteiger partial charge in [-0.1, -0.05) is 18.2 Å². The number of hydrogen-bond acceptors (Lipinski definition) is 4. The van der Waals surface area contributed by atoms with Gasteiger partial charge in [0.15, 0.2) is 0 Å². The van der Waals surface area contributed by atoms with Crippen LogP contribution in [0.3, 0.4) is 0 Å². The van der Waals surface area contributed by atoms with E-state index in [4.69, 9.17) is 0 Å². The van der Waals surface area contributed by atoms with E-state index in [-0.39, 0.29) is 17.9 Å². The molecule has 0 aliphatic carbocycles. The number of carbonyl (C=O) groups is 2. The molecule has 2 amide bonds. The van der Waals surface area contributed by atoms with Gasteiger partial charge >= 0.3 is 0 Å². The molecule has 3 rings (SSSR count). The molecule has 0 saturated carbocycles. The molecule has 2 aliphatic rings. The highest BCUT2D eigenvalue weighted by Gasteiger charge is 2.30. The molecule has 2 saturated heterocycles. The van der Waals surface area contributed by atoms with Gasteiger partial charge in [-0.25, -0.2) is 0 Å². The number of rotatable bonds is 3. The lowest BCUT2D eigenvalue weighted by Crippen LogP contribution is -2.42. The van der Waals surface area contributed by atoms with E-state index < -0.39 is 0 Å². The molecule has 1 unspecified atom stereocenters. The number of benzene rings is 1. The van der Waals surface area contributed by atoms with Gasteiger partial charge in [0.25, 0.3) is 0 Å². The highest BCUT2D eigenvalue weighted by molar-refractivity contribution is 7.99. The first-order valence-electron chi connectivity index (χ1n) is 7.38. The maximum Gasteiger partial charge on any atom is 0.248 e. The van der Waals surface area contributed by atoms with Crippen LogP contribution in [-0.2, 0) is 9.59 Å². The summed E-state index contributed by atoms with van der Waals surface area (Å²) < 4.78 is 0. The van der Waals surface area contributed by atoms with E-state index >= 15 is 0 Å². The molecular weight excluding hydrogens is 298 g/mol. The van der Waals surface area contributed by atoms with E-state index in [1.54, 1.807) is 17.8 Å². The first kappa shape index (κ1) is 15.1. The molecule has 0 radical (unpaired) electrons. The predicted molar refractivity (Wildman–Crippen MR) is 88.6 cm³/mol. The van der Waals surface area contributed by atoms with E-state index in [9.17, 15) is 9.59 Å². The van der Waals surface area contributed by atoms with Crippen molar-refractivity contribution in [3.8, 4) is 0 Å². The lowest BCUT2D eigenvalue weighted by Gasteiger charge is -2.18. The van der Waals surface area contributed by atoms with Crippen LogP contribution in [0.1, 0.15) is 6.42 Å². The first-order valence-corrected chi connectivity index (χ1v) is 8.53. The summed E-state index contributed by atoms with van der Waals surface area (Å²) in [6.45, 7) is 1.43. The van der Waals surface area contributed by atoms with Crippen molar-refractivity contribution < 1.29 is 9.59 Å². The summed E-state index contributed by atoms with van der Waals surface area (Å²) in [5, 5.41) is 6.03. The van der Waals surface area contributed by atoms with Crippen LogP contribution in [0.2, 0.25) is 0 Å². The standard InChI is InChI=1S/C16H19N3O2S/c20-15(18-13-4-2-1-3-5-13)9-12-8-14(17-10-12)16(21)19-6-7-22-11-19/h1-5,9,14,17H,6-8,10-11H2,(H,18,20). The molecule has 6 heteroatoms. The number of carbonyl (C=O) groups excluding carboxylic acids is 2. The van der Waals surface area contributed by atoms with Crippen molar-refractivity contribution in [3.63, 3.8) is 0 Å². The van der Waals surface area contributed by atoms with Gasteiger partial charge in [0, 0.05) is 30.6 Å². The van der Waals surface area contributed by atoms with Gasteiger partial charge in [-0.2, -0.15) is 0 Å². The molecule has 116 valence electrons. The second-order valence-corrected chi connectivity index (χ2v) is 6.51. The fraction of sp³-hybridized carbons (Fsp3) is 0.375. The molecule has 2 aliphatic heterocycles. The summed E-state index contributed by atoms with van der Waals surface area (Å²) in [4.78, 5) is 26.2. The molecule has 2 N–H and O–H groups in total. The SMILES string of the molecule is O=C(C=C1CNC(C(=O)N2CCSC2)C1)Nc1ccccc1. The minimum atomic E-state index is -0.186. The van der Waals surface area contributed by atoms with Gasteiger partial charge in [-0.15, -0.1) is 11.8 Å². The van der Waals surface area contributed by atoms with Crippen LogP contribution in [0.25, 0.3) is 0 Å². The Morgan fingerprint density at radius 1 is 1.32 bits per heavy atom. The maximum absolute atomic E-state index is 12.3. The highest BCUT2D eigenvalue weighted by Crippen LogP contribution is 2.20. The van der Waals surface area contributed by atoms with Crippen LogP contribution in [0.4, 0.5) is 5.69 Å². The molecule has 0 bridgehead atoms. The number of hydrogen-bond donors (Lipinski definition) is 2. The van der Waals surface area contributed by atoms with E-state index in [2.05, 4.69) is 10.6 Å². The number of nitrogens with zero attached hydrogens (tertiary/aromatic N) is 1. The van der Waals surface area contributed by atoms with Crippen LogP contribution in [-0.4, -0.2) is 47.5 Å². The van der Waals surface area contributed by atoms with Crippen LogP contribution >= 0.6 is 11.8 Å². The van der Waals surface area contributed by atoms with Gasteiger partial charge in [0.2, 0.25) is 11.8 Å². The monoisotopic (exact) mass is 317 g/mol. The number of anilines is 1. The lowest BCUT2D eigenvalue weighted by molar-refractivity contribution is -0.131. The van der Waals surface area contributed by atoms with Crippen molar-refractivity contribution in [1.82, 2.24) is 10.2 Å². The molecule has 0 aromatic heterocycles. The zero-order valence-electron chi connectivity index (χ0n) is 12.2. The Labute approximate surface area is 134 Å². The molecule has 1 atom stereocenters. The zero-order valence-corrected chi connectivity index (χ0v) is 13.1. The van der Waals surface area contributed by atoms with Gasteiger partial charge in [0.1, 0.15) is 0 Å². The Balaban J connectivity index is 1.55. The molecule has 2 fully saturated rings. The van der Waals surface area contributed by atoms with Gasteiger partial charge < -0.3 is 15.5 Å². The summed E-state index contributed by atoms with van der Waals surface area (Å²) in [7, 11) is 0. The minimum Gasteiger partial charge on any atom is -0.331 e. The summed E-state index contributed by atoms with van der Waals surface area (Å²) in [6, 6.07) is 9.17. The van der Waals surface area contributed by atoms with Crippen molar-refractivity contribution in [2.45, 2.75) is 12.5 Å². The van der Waals surface area contributed by atoms with Crippen LogP contribution < -0.4 is 10.6 Å². The first-order chi connectivity index (χ1) is 10.7. The fourth-order valence-corrected chi connectivity index (χ4v) is 3.59. The second-order valence-electron chi connectivity index (χ2n) is 5.43. The number of para-hydroxylation sites is 1. The Morgan fingerprint density at radius 3 is 2.86 bits per heavy atom. The van der Waals surface area contributed by atoms with Crippen molar-refractivity contribution in [3.05, 3.63) is 42.0 Å². The van der Waals surface area contributed by atoms with E-state index in [1.165, 1.54) is 0 Å². The quantitative estimate of drug-likeness (QED) is 0.828. The smallest absolute Gasteiger partial charge is 0.248 e. The summed E-state index contributed by atoms with van der Waals surface area (Å²) in [5.74, 6) is 1.80. The average molecular weight is 317 g/mol. The van der Waals surface area contributed by atoms with Gasteiger partial charge in [-0.05, 0) is 24.1 Å². The molecule has 0 spiro atoms. The maximum atomic E-state index is 12.3. The Kier molecular flexibility index (Phi) is 4.80. The predicted octanol–water partition coefficient (Wildman–Crippen LogP) is 1.45. The molecule has 1 aromatic rings. The molecule has 2 heterocycles. The molecular formula is C16H19N3O2S. The highest BCUT2D eigenvalue weighted by atomic mass is 32.2. The lowest BCUT2D eigenvalue weighted by atomic mass is 10.1. The van der Waals surface area contributed by atoms with Crippen molar-refractivity contribution in [2.24, 2.45) is 0 Å². The van der Waals surface area contributed by atoms with Crippen molar-refractivity contribution in [1.29, 1.82) is 0 Å². The van der Waals surface area contributed by atoms with E-state index in [0.717, 1.165) is 29.4 Å². The van der Waals surface area contributed by atoms with Crippen molar-refractivity contribution in [2.75, 3.05) is 30.0 Å². The van der Waals surface area contributed by atoms with Crippen LogP contribution in [0.5, 0.6) is 0 Å². The molecule has 1 aromatic carbocycles. The fourth-order valence-electron chi connectivity index (χ4n) is 2.64. The van der Waals surface area contributed by atoms with Crippen LogP contribution in [0.15, 0.2) is 42.0 Å². The van der Waals surface area contributed by atoms with Crippen molar-refractivity contribution >= 4 is 29.3 Å². The summed E-state index contributed by atoms with van der Waals surface area (Å²) in [6.07, 6.45) is 2.22. The number of amides is 2. The zero-order chi connectivity index (χ0) is 15.4. The second kappa shape index (κ2) is 6.98. The Bertz CT molecular complexity index is 582. The molecule has 5 nitrogen and oxygen atoms in total. The van der Waals surface area contributed by atoms with E-state index in [0.29, 0.717) is 13.0 Å². The topological polar surface area (TPSA) is 61.4 Å². The largest absolute Gasteiger partial charge is 0.331 e. The number of nitrogens with one attached hydrogen (secondary N) is 2. The van der Waals surface area contributed by atoms with Gasteiger partial charge in [0.05, 0.1) is 11.9 Å².